The molecule has 24 heavy (non-hydrogen) atoms. The third kappa shape index (κ3) is 4.08. The molecule has 0 saturated carbocycles. The van der Waals surface area contributed by atoms with E-state index in [2.05, 4.69) is 5.32 Å². The molecule has 6 nitrogen and oxygen atoms in total. The summed E-state index contributed by atoms with van der Waals surface area (Å²) in [5, 5.41) is 2.86. The molecule has 1 aliphatic rings. The number of carbonyl (C=O) groups is 1. The van der Waals surface area contributed by atoms with E-state index >= 15 is 0 Å². The van der Waals surface area contributed by atoms with Crippen LogP contribution < -0.4 is 10.1 Å². The lowest BCUT2D eigenvalue weighted by molar-refractivity contribution is 0.0939. The lowest BCUT2D eigenvalue weighted by atomic mass is 10.2. The quantitative estimate of drug-likeness (QED) is 0.816. The Morgan fingerprint density at radius 3 is 2.54 bits per heavy atom. The Bertz CT molecular complexity index is 682. The van der Waals surface area contributed by atoms with Crippen molar-refractivity contribution < 1.29 is 17.9 Å². The molecule has 1 heterocycles. The van der Waals surface area contributed by atoms with Gasteiger partial charge < -0.3 is 10.1 Å². The van der Waals surface area contributed by atoms with Crippen LogP contribution in [0.4, 0.5) is 0 Å². The van der Waals surface area contributed by atoms with Gasteiger partial charge in [-0.05, 0) is 51.3 Å². The second kappa shape index (κ2) is 7.98. The molecule has 0 aliphatic carbocycles. The average Bonchev–Trinajstić information content (AvgIpc) is 3.10. The molecule has 1 amide bonds. The van der Waals surface area contributed by atoms with E-state index in [1.54, 1.807) is 19.1 Å². The number of hydrogen-bond acceptors (Lipinski definition) is 4. The number of amides is 1. The van der Waals surface area contributed by atoms with Gasteiger partial charge in [0.15, 0.2) is 0 Å². The molecule has 0 bridgehead atoms. The topological polar surface area (TPSA) is 75.7 Å². The van der Waals surface area contributed by atoms with Crippen LogP contribution in [0.15, 0.2) is 23.1 Å². The number of sulfonamides is 1. The van der Waals surface area contributed by atoms with Gasteiger partial charge in [-0.3, -0.25) is 4.79 Å². The van der Waals surface area contributed by atoms with Gasteiger partial charge in [0.1, 0.15) is 10.6 Å². The van der Waals surface area contributed by atoms with E-state index in [4.69, 9.17) is 4.74 Å². The molecule has 7 heteroatoms. The molecule has 1 atom stereocenters. The molecule has 0 radical (unpaired) electrons. The maximum Gasteiger partial charge on any atom is 0.251 e. The van der Waals surface area contributed by atoms with Crippen LogP contribution in [0, 0.1) is 0 Å². The highest BCUT2D eigenvalue weighted by Crippen LogP contribution is 2.30. The van der Waals surface area contributed by atoms with Crippen LogP contribution in [0.1, 0.15) is 50.4 Å². The highest BCUT2D eigenvalue weighted by molar-refractivity contribution is 7.89. The van der Waals surface area contributed by atoms with E-state index in [-0.39, 0.29) is 16.8 Å². The normalized spacial score (nSPS) is 16.8. The smallest absolute Gasteiger partial charge is 0.251 e. The second-order valence-electron chi connectivity index (χ2n) is 5.99. The molecule has 0 spiro atoms. The van der Waals surface area contributed by atoms with Crippen LogP contribution >= 0.6 is 0 Å². The lowest BCUT2D eigenvalue weighted by Gasteiger charge is -2.19. The largest absolute Gasteiger partial charge is 0.492 e. The van der Waals surface area contributed by atoms with Gasteiger partial charge in [0.05, 0.1) is 6.61 Å². The Morgan fingerprint density at radius 2 is 1.96 bits per heavy atom. The van der Waals surface area contributed by atoms with Gasteiger partial charge in [-0.25, -0.2) is 8.42 Å². The van der Waals surface area contributed by atoms with Gasteiger partial charge in [-0.2, -0.15) is 4.31 Å². The van der Waals surface area contributed by atoms with E-state index in [1.807, 2.05) is 13.8 Å². The van der Waals surface area contributed by atoms with Crippen molar-refractivity contribution in [2.75, 3.05) is 19.7 Å². The third-order valence-electron chi connectivity index (χ3n) is 4.18. The molecule has 0 aromatic heterocycles. The molecule has 1 fully saturated rings. The maximum atomic E-state index is 12.9. The van der Waals surface area contributed by atoms with Gasteiger partial charge in [0, 0.05) is 24.7 Å². The van der Waals surface area contributed by atoms with Crippen molar-refractivity contribution in [2.24, 2.45) is 0 Å². The van der Waals surface area contributed by atoms with Crippen molar-refractivity contribution in [3.8, 4) is 5.75 Å². The minimum Gasteiger partial charge on any atom is -0.492 e. The fourth-order valence-electron chi connectivity index (χ4n) is 2.60. The summed E-state index contributed by atoms with van der Waals surface area (Å²) in [6.45, 7) is 7.08. The Labute approximate surface area is 144 Å². The number of ether oxygens (including phenoxy) is 1. The fraction of sp³-hybridized carbons (Fsp3) is 0.588. The number of nitrogens with zero attached hydrogens (tertiary/aromatic N) is 1. The Morgan fingerprint density at radius 1 is 1.29 bits per heavy atom. The summed E-state index contributed by atoms with van der Waals surface area (Å²) in [5.74, 6) is 0.0229. The van der Waals surface area contributed by atoms with Gasteiger partial charge in [-0.15, -0.1) is 0 Å². The minimum atomic E-state index is -3.65. The minimum absolute atomic E-state index is 0.0303. The first-order valence-electron chi connectivity index (χ1n) is 8.48. The summed E-state index contributed by atoms with van der Waals surface area (Å²) in [7, 11) is -3.65. The molecule has 1 N–H and O–H groups in total. The van der Waals surface area contributed by atoms with Crippen molar-refractivity contribution in [1.29, 1.82) is 0 Å². The van der Waals surface area contributed by atoms with Gasteiger partial charge in [-0.1, -0.05) is 6.92 Å². The summed E-state index contributed by atoms with van der Waals surface area (Å²) in [5.41, 5.74) is 0.330. The molecule has 1 aromatic carbocycles. The number of rotatable bonds is 7. The summed E-state index contributed by atoms with van der Waals surface area (Å²) in [6.07, 6.45) is 2.52. The zero-order valence-electron chi connectivity index (χ0n) is 14.5. The van der Waals surface area contributed by atoms with Crippen LogP contribution in [0.5, 0.6) is 5.75 Å². The highest BCUT2D eigenvalue weighted by atomic mass is 32.2. The van der Waals surface area contributed by atoms with Crippen LogP contribution in [0.25, 0.3) is 0 Å². The van der Waals surface area contributed by atoms with E-state index < -0.39 is 10.0 Å². The summed E-state index contributed by atoms with van der Waals surface area (Å²) >= 11 is 0. The van der Waals surface area contributed by atoms with E-state index in [1.165, 1.54) is 10.4 Å². The first kappa shape index (κ1) is 18.7. The zero-order valence-corrected chi connectivity index (χ0v) is 15.4. The predicted octanol–water partition coefficient (Wildman–Crippen LogP) is 2.40. The monoisotopic (exact) mass is 354 g/mol. The average molecular weight is 354 g/mol. The van der Waals surface area contributed by atoms with Crippen molar-refractivity contribution in [3.63, 3.8) is 0 Å². The Balaban J connectivity index is 2.39. The Kier molecular flexibility index (Phi) is 6.23. The standard InChI is InChI=1S/C17H26N2O4S/c1-4-13(3)18-17(20)14-8-9-15(23-5-2)16(12-14)24(21,22)19-10-6-7-11-19/h8-9,12-13H,4-7,10-11H2,1-3H3,(H,18,20)/t13-/m0/s1. The molecule has 134 valence electrons. The summed E-state index contributed by atoms with van der Waals surface area (Å²) < 4.78 is 32.7. The van der Waals surface area contributed by atoms with E-state index in [0.29, 0.717) is 31.0 Å². The zero-order chi connectivity index (χ0) is 17.7. The highest BCUT2D eigenvalue weighted by Gasteiger charge is 2.30. The van der Waals surface area contributed by atoms with Crippen LogP contribution in [-0.2, 0) is 10.0 Å². The molecule has 1 aromatic rings. The van der Waals surface area contributed by atoms with Gasteiger partial charge in [0.25, 0.3) is 5.91 Å². The van der Waals surface area contributed by atoms with Crippen molar-refractivity contribution in [3.05, 3.63) is 23.8 Å². The molecular formula is C17H26N2O4S. The predicted molar refractivity (Wildman–Crippen MR) is 92.8 cm³/mol. The molecular weight excluding hydrogens is 328 g/mol. The molecule has 2 rings (SSSR count). The molecule has 0 unspecified atom stereocenters. The maximum absolute atomic E-state index is 12.9. The van der Waals surface area contributed by atoms with Crippen LogP contribution in [-0.4, -0.2) is 44.4 Å². The second-order valence-corrected chi connectivity index (χ2v) is 7.89. The third-order valence-corrected chi connectivity index (χ3v) is 6.10. The first-order valence-corrected chi connectivity index (χ1v) is 9.92. The van der Waals surface area contributed by atoms with Gasteiger partial charge >= 0.3 is 0 Å². The molecule has 1 saturated heterocycles. The number of hydrogen-bond donors (Lipinski definition) is 1. The van der Waals surface area contributed by atoms with E-state index in [0.717, 1.165) is 19.3 Å². The first-order chi connectivity index (χ1) is 11.4. The summed E-state index contributed by atoms with van der Waals surface area (Å²) in [6, 6.07) is 4.63. The number of carbonyl (C=O) groups excluding carboxylic acids is 1. The number of nitrogens with one attached hydrogen (secondary N) is 1. The van der Waals surface area contributed by atoms with Crippen molar-refractivity contribution >= 4 is 15.9 Å². The fourth-order valence-corrected chi connectivity index (χ4v) is 4.28. The Hall–Kier alpha value is -1.60. The molecule has 1 aliphatic heterocycles. The van der Waals surface area contributed by atoms with Gasteiger partial charge in [0.2, 0.25) is 10.0 Å². The SMILES string of the molecule is CCOc1ccc(C(=O)N[C@@H](C)CC)cc1S(=O)(=O)N1CCCC1. The van der Waals surface area contributed by atoms with E-state index in [9.17, 15) is 13.2 Å². The van der Waals surface area contributed by atoms with Crippen molar-refractivity contribution in [2.45, 2.75) is 51.0 Å². The lowest BCUT2D eigenvalue weighted by Crippen LogP contribution is -2.32. The van der Waals surface area contributed by atoms with Crippen LogP contribution in [0.2, 0.25) is 0 Å². The summed E-state index contributed by atoms with van der Waals surface area (Å²) in [4.78, 5) is 12.4. The van der Waals surface area contributed by atoms with Crippen molar-refractivity contribution in [1.82, 2.24) is 9.62 Å². The van der Waals surface area contributed by atoms with Crippen LogP contribution in [0.3, 0.4) is 0 Å². The number of benzene rings is 1.